The van der Waals surface area contributed by atoms with Crippen LogP contribution in [0.25, 0.3) is 54.7 Å². The van der Waals surface area contributed by atoms with Gasteiger partial charge in [0.1, 0.15) is 18.9 Å². The molecule has 198 valence electrons. The van der Waals surface area contributed by atoms with Gasteiger partial charge in [0.15, 0.2) is 10.9 Å². The molecule has 4 aromatic carbocycles. The highest BCUT2D eigenvalue weighted by Crippen LogP contribution is 2.31. The number of aliphatic carboxylic acids is 2. The third-order valence-electron chi connectivity index (χ3n) is 7.01. The van der Waals surface area contributed by atoms with Crippen molar-refractivity contribution in [2.75, 3.05) is 0 Å². The van der Waals surface area contributed by atoms with Crippen molar-refractivity contribution in [1.82, 2.24) is 9.13 Å². The standard InChI is InChI=1S/C30H18ClFN2O6/c31-19-3-1-5-21-27(19)29(39)17-9-7-15(11-23(17)33(21)13-25(35)36)16-8-10-18-24(12-16)34(14-26(37)38)22-6-2-4-20(32)28(22)30(18)40/h1-12H,13-14H2,(H,35,36)(H,37,38). The van der Waals surface area contributed by atoms with Crippen molar-refractivity contribution in [2.45, 2.75) is 13.1 Å². The van der Waals surface area contributed by atoms with Crippen LogP contribution >= 0.6 is 11.6 Å². The van der Waals surface area contributed by atoms with Crippen LogP contribution < -0.4 is 10.9 Å². The average Bonchev–Trinajstić information content (AvgIpc) is 2.92. The number of carboxylic acid groups (broad SMARTS) is 2. The van der Waals surface area contributed by atoms with Crippen molar-refractivity contribution in [1.29, 1.82) is 0 Å². The van der Waals surface area contributed by atoms with Gasteiger partial charge in [-0.3, -0.25) is 19.2 Å². The Labute approximate surface area is 228 Å². The summed E-state index contributed by atoms with van der Waals surface area (Å²) in [6.45, 7) is -0.937. The van der Waals surface area contributed by atoms with Crippen LogP contribution in [0.2, 0.25) is 5.02 Å². The van der Waals surface area contributed by atoms with Gasteiger partial charge in [0, 0.05) is 10.8 Å². The Morgan fingerprint density at radius 1 is 0.675 bits per heavy atom. The second-order valence-electron chi connectivity index (χ2n) is 9.35. The van der Waals surface area contributed by atoms with E-state index in [-0.39, 0.29) is 43.0 Å². The van der Waals surface area contributed by atoms with Crippen LogP contribution in [-0.2, 0) is 22.7 Å². The first kappa shape index (κ1) is 25.3. The molecule has 0 spiro atoms. The minimum Gasteiger partial charge on any atom is -0.480 e. The second kappa shape index (κ2) is 9.32. The van der Waals surface area contributed by atoms with E-state index in [1.165, 1.54) is 27.3 Å². The average molecular weight is 557 g/mol. The summed E-state index contributed by atoms with van der Waals surface area (Å²) >= 11 is 6.31. The van der Waals surface area contributed by atoms with Gasteiger partial charge in [-0.15, -0.1) is 0 Å². The minimum absolute atomic E-state index is 0.145. The van der Waals surface area contributed by atoms with E-state index in [9.17, 15) is 33.8 Å². The van der Waals surface area contributed by atoms with Crippen molar-refractivity contribution < 1.29 is 24.2 Å². The monoisotopic (exact) mass is 556 g/mol. The predicted molar refractivity (Wildman–Crippen MR) is 151 cm³/mol. The Morgan fingerprint density at radius 2 is 1.15 bits per heavy atom. The molecule has 40 heavy (non-hydrogen) atoms. The van der Waals surface area contributed by atoms with E-state index in [4.69, 9.17) is 11.6 Å². The number of carbonyl (C=O) groups is 2. The van der Waals surface area contributed by atoms with Crippen LogP contribution in [0.1, 0.15) is 0 Å². The van der Waals surface area contributed by atoms with Gasteiger partial charge in [0.2, 0.25) is 0 Å². The molecule has 0 aliphatic carbocycles. The van der Waals surface area contributed by atoms with Gasteiger partial charge >= 0.3 is 11.9 Å². The van der Waals surface area contributed by atoms with Gasteiger partial charge in [0.25, 0.3) is 0 Å². The summed E-state index contributed by atoms with van der Waals surface area (Å²) in [6, 6.07) is 18.6. The molecule has 0 radical (unpaired) electrons. The fraction of sp³-hybridized carbons (Fsp3) is 0.0667. The van der Waals surface area contributed by atoms with Gasteiger partial charge < -0.3 is 19.3 Å². The van der Waals surface area contributed by atoms with E-state index < -0.39 is 36.3 Å². The third kappa shape index (κ3) is 3.90. The molecular formula is C30H18ClFN2O6. The number of hydrogen-bond acceptors (Lipinski definition) is 4. The number of aromatic nitrogens is 2. The molecule has 0 aliphatic heterocycles. The molecule has 2 N–H and O–H groups in total. The van der Waals surface area contributed by atoms with Crippen molar-refractivity contribution in [3.05, 3.63) is 104 Å². The number of rotatable bonds is 5. The van der Waals surface area contributed by atoms with Crippen LogP contribution in [0.15, 0.2) is 82.4 Å². The highest BCUT2D eigenvalue weighted by atomic mass is 35.5. The molecular weight excluding hydrogens is 539 g/mol. The summed E-state index contributed by atoms with van der Waals surface area (Å²) in [5.74, 6) is -3.03. The first-order valence-electron chi connectivity index (χ1n) is 12.1. The lowest BCUT2D eigenvalue weighted by Gasteiger charge is -2.16. The number of halogens is 2. The Balaban J connectivity index is 1.67. The number of pyridine rings is 2. The maximum absolute atomic E-state index is 14.6. The lowest BCUT2D eigenvalue weighted by Crippen LogP contribution is -2.17. The molecule has 0 amide bonds. The van der Waals surface area contributed by atoms with Crippen LogP contribution in [0.4, 0.5) is 4.39 Å². The summed E-state index contributed by atoms with van der Waals surface area (Å²) in [7, 11) is 0. The normalized spacial score (nSPS) is 11.6. The molecule has 0 aliphatic rings. The Kier molecular flexibility index (Phi) is 5.89. The maximum atomic E-state index is 14.6. The quantitative estimate of drug-likeness (QED) is 0.280. The van der Waals surface area contributed by atoms with E-state index in [2.05, 4.69) is 0 Å². The summed E-state index contributed by atoms with van der Waals surface area (Å²) in [5, 5.41) is 19.9. The molecule has 0 bridgehead atoms. The molecule has 0 atom stereocenters. The molecule has 0 unspecified atom stereocenters. The predicted octanol–water partition coefficient (Wildman–Crippen LogP) is 5.25. The van der Waals surface area contributed by atoms with Crippen LogP contribution in [0.5, 0.6) is 0 Å². The number of fused-ring (bicyclic) bond motifs is 4. The molecule has 0 saturated carbocycles. The lowest BCUT2D eigenvalue weighted by atomic mass is 9.99. The SMILES string of the molecule is O=C(O)Cn1c2cc(-c3ccc4c(=O)c5c(Cl)cccc5n(CC(=O)O)c4c3)ccc2c(=O)c2c(F)cccc21. The van der Waals surface area contributed by atoms with Crippen molar-refractivity contribution in [3.8, 4) is 11.1 Å². The fourth-order valence-electron chi connectivity index (χ4n) is 5.32. The van der Waals surface area contributed by atoms with Crippen LogP contribution in [0, 0.1) is 5.82 Å². The van der Waals surface area contributed by atoms with Crippen LogP contribution in [0.3, 0.4) is 0 Å². The van der Waals surface area contributed by atoms with Gasteiger partial charge in [-0.25, -0.2) is 4.39 Å². The molecule has 0 saturated heterocycles. The first-order valence-corrected chi connectivity index (χ1v) is 12.5. The summed E-state index contributed by atoms with van der Waals surface area (Å²) in [6.07, 6.45) is 0. The van der Waals surface area contributed by atoms with Crippen LogP contribution in [-0.4, -0.2) is 31.3 Å². The molecule has 8 nitrogen and oxygen atoms in total. The zero-order valence-electron chi connectivity index (χ0n) is 20.5. The molecule has 0 fully saturated rings. The van der Waals surface area contributed by atoms with Crippen molar-refractivity contribution in [3.63, 3.8) is 0 Å². The molecule has 2 aromatic heterocycles. The summed E-state index contributed by atoms with van der Waals surface area (Å²) in [5.41, 5.74) is 1.42. The van der Waals surface area contributed by atoms with E-state index in [0.29, 0.717) is 22.2 Å². The molecule has 6 aromatic rings. The lowest BCUT2D eigenvalue weighted by molar-refractivity contribution is -0.138. The number of carboxylic acids is 2. The van der Waals surface area contributed by atoms with Gasteiger partial charge in [0.05, 0.1) is 37.9 Å². The van der Waals surface area contributed by atoms with Gasteiger partial charge in [-0.05, 0) is 59.7 Å². The smallest absolute Gasteiger partial charge is 0.323 e. The largest absolute Gasteiger partial charge is 0.480 e. The number of hydrogen-bond donors (Lipinski definition) is 2. The van der Waals surface area contributed by atoms with E-state index in [0.717, 1.165) is 6.07 Å². The highest BCUT2D eigenvalue weighted by Gasteiger charge is 2.18. The molecule has 6 rings (SSSR count). The van der Waals surface area contributed by atoms with Gasteiger partial charge in [-0.2, -0.15) is 0 Å². The molecule has 10 heteroatoms. The maximum Gasteiger partial charge on any atom is 0.323 e. The van der Waals surface area contributed by atoms with E-state index >= 15 is 0 Å². The fourth-order valence-corrected chi connectivity index (χ4v) is 5.57. The third-order valence-corrected chi connectivity index (χ3v) is 7.32. The van der Waals surface area contributed by atoms with Gasteiger partial charge in [-0.1, -0.05) is 35.9 Å². The van der Waals surface area contributed by atoms with Crippen molar-refractivity contribution in [2.24, 2.45) is 0 Å². The summed E-state index contributed by atoms with van der Waals surface area (Å²) < 4.78 is 17.5. The Morgan fingerprint density at radius 3 is 1.68 bits per heavy atom. The zero-order chi connectivity index (χ0) is 28.3. The van der Waals surface area contributed by atoms with E-state index in [1.54, 1.807) is 48.5 Å². The first-order chi connectivity index (χ1) is 19.2. The van der Waals surface area contributed by atoms with Crippen molar-refractivity contribution >= 4 is 67.2 Å². The number of nitrogens with zero attached hydrogens (tertiary/aromatic N) is 2. The zero-order valence-corrected chi connectivity index (χ0v) is 21.3. The number of benzene rings is 4. The highest BCUT2D eigenvalue weighted by molar-refractivity contribution is 6.35. The molecule has 2 heterocycles. The minimum atomic E-state index is -1.17. The Bertz CT molecular complexity index is 2050. The second-order valence-corrected chi connectivity index (χ2v) is 9.76. The van der Waals surface area contributed by atoms with E-state index in [1.807, 2.05) is 0 Å². The topological polar surface area (TPSA) is 119 Å². The summed E-state index contributed by atoms with van der Waals surface area (Å²) in [4.78, 5) is 50.0. The Hall–Kier alpha value is -5.02.